The van der Waals surface area contributed by atoms with Gasteiger partial charge in [-0.15, -0.1) is 11.6 Å². The summed E-state index contributed by atoms with van der Waals surface area (Å²) in [6.07, 6.45) is -5.00. The second-order valence-corrected chi connectivity index (χ2v) is 4.10. The first-order valence-corrected chi connectivity index (χ1v) is 4.58. The minimum atomic E-state index is -4.37. The average Bonchev–Trinajstić information content (AvgIpc) is 2.01. The van der Waals surface area contributed by atoms with Crippen LogP contribution in [0.4, 0.5) is 13.2 Å². The molecule has 82 valence electrons. The Morgan fingerprint density at radius 1 is 1.29 bits per heavy atom. The molecule has 3 unspecified atom stereocenters. The lowest BCUT2D eigenvalue weighted by atomic mass is 9.85. The summed E-state index contributed by atoms with van der Waals surface area (Å²) in [4.78, 5) is 9.68. The molecule has 0 spiro atoms. The monoisotopic (exact) mass is 231 g/mol. The SMILES string of the molecule is O=[N+]([O-])C1CC(Cl)CC(C(F)(F)F)C1. The van der Waals surface area contributed by atoms with Crippen molar-refractivity contribution in [3.8, 4) is 0 Å². The van der Waals surface area contributed by atoms with Gasteiger partial charge in [0.2, 0.25) is 6.04 Å². The van der Waals surface area contributed by atoms with Crippen molar-refractivity contribution in [1.82, 2.24) is 0 Å². The molecular formula is C7H9ClF3NO2. The van der Waals surface area contributed by atoms with Crippen molar-refractivity contribution in [3.63, 3.8) is 0 Å². The van der Waals surface area contributed by atoms with E-state index in [1.165, 1.54) is 0 Å². The van der Waals surface area contributed by atoms with E-state index in [1.54, 1.807) is 0 Å². The highest BCUT2D eigenvalue weighted by Crippen LogP contribution is 2.39. The number of hydrogen-bond acceptors (Lipinski definition) is 2. The van der Waals surface area contributed by atoms with Gasteiger partial charge in [0.05, 0.1) is 5.92 Å². The minimum absolute atomic E-state index is 0.0289. The maximum atomic E-state index is 12.3. The number of nitro groups is 1. The second-order valence-electron chi connectivity index (χ2n) is 3.48. The zero-order chi connectivity index (χ0) is 10.9. The molecule has 0 aromatic rings. The van der Waals surface area contributed by atoms with E-state index in [0.29, 0.717) is 0 Å². The van der Waals surface area contributed by atoms with Crippen LogP contribution >= 0.6 is 11.6 Å². The third kappa shape index (κ3) is 2.73. The zero-order valence-electron chi connectivity index (χ0n) is 7.13. The third-order valence-corrected chi connectivity index (χ3v) is 2.74. The van der Waals surface area contributed by atoms with Crippen LogP contribution in [-0.4, -0.2) is 22.5 Å². The van der Waals surface area contributed by atoms with E-state index < -0.39 is 34.9 Å². The maximum absolute atomic E-state index is 12.3. The molecule has 0 N–H and O–H groups in total. The van der Waals surface area contributed by atoms with Gasteiger partial charge in [0, 0.05) is 23.1 Å². The molecule has 1 fully saturated rings. The molecule has 0 amide bonds. The van der Waals surface area contributed by atoms with Gasteiger partial charge in [0.15, 0.2) is 0 Å². The molecule has 3 atom stereocenters. The van der Waals surface area contributed by atoms with Gasteiger partial charge in [-0.1, -0.05) is 0 Å². The van der Waals surface area contributed by atoms with E-state index in [4.69, 9.17) is 11.6 Å². The smallest absolute Gasteiger partial charge is 0.264 e. The number of rotatable bonds is 1. The molecule has 0 aromatic heterocycles. The Morgan fingerprint density at radius 2 is 1.86 bits per heavy atom. The van der Waals surface area contributed by atoms with Crippen LogP contribution in [0.15, 0.2) is 0 Å². The van der Waals surface area contributed by atoms with Gasteiger partial charge in [-0.05, 0) is 6.42 Å². The van der Waals surface area contributed by atoms with Crippen molar-refractivity contribution >= 4 is 11.6 Å². The van der Waals surface area contributed by atoms with Crippen molar-refractivity contribution in [2.45, 2.75) is 36.9 Å². The van der Waals surface area contributed by atoms with Crippen molar-refractivity contribution < 1.29 is 18.1 Å². The molecule has 0 bridgehead atoms. The summed E-state index contributed by atoms with van der Waals surface area (Å²) in [7, 11) is 0. The van der Waals surface area contributed by atoms with Crippen LogP contribution in [0.3, 0.4) is 0 Å². The van der Waals surface area contributed by atoms with Crippen LogP contribution in [-0.2, 0) is 0 Å². The summed E-state index contributed by atoms with van der Waals surface area (Å²) < 4.78 is 36.8. The summed E-state index contributed by atoms with van der Waals surface area (Å²) in [5.41, 5.74) is 0. The summed E-state index contributed by atoms with van der Waals surface area (Å²) in [6, 6.07) is -1.15. The van der Waals surface area contributed by atoms with Gasteiger partial charge in [-0.2, -0.15) is 13.2 Å². The lowest BCUT2D eigenvalue weighted by Gasteiger charge is -2.28. The zero-order valence-corrected chi connectivity index (χ0v) is 7.88. The Hall–Kier alpha value is -0.520. The molecule has 1 saturated carbocycles. The number of halogens is 4. The number of nitrogens with zero attached hydrogens (tertiary/aromatic N) is 1. The summed E-state index contributed by atoms with van der Waals surface area (Å²) in [5, 5.41) is 9.61. The molecule has 1 aliphatic rings. The molecule has 0 aliphatic heterocycles. The predicted molar refractivity (Wildman–Crippen MR) is 43.8 cm³/mol. The first-order chi connectivity index (χ1) is 6.30. The van der Waals surface area contributed by atoms with Crippen LogP contribution in [0.1, 0.15) is 19.3 Å². The fraction of sp³-hybridized carbons (Fsp3) is 1.00. The van der Waals surface area contributed by atoms with Crippen molar-refractivity contribution in [3.05, 3.63) is 10.1 Å². The fourth-order valence-electron chi connectivity index (χ4n) is 1.66. The number of alkyl halides is 4. The highest BCUT2D eigenvalue weighted by molar-refractivity contribution is 6.20. The highest BCUT2D eigenvalue weighted by Gasteiger charge is 2.47. The quantitative estimate of drug-likeness (QED) is 0.396. The molecule has 0 heterocycles. The van der Waals surface area contributed by atoms with Crippen LogP contribution in [0.5, 0.6) is 0 Å². The molecule has 1 rings (SSSR count). The Bertz CT molecular complexity index is 233. The first kappa shape index (κ1) is 11.6. The molecule has 0 aromatic carbocycles. The van der Waals surface area contributed by atoms with Crippen molar-refractivity contribution in [2.75, 3.05) is 0 Å². The highest BCUT2D eigenvalue weighted by atomic mass is 35.5. The van der Waals surface area contributed by atoms with Gasteiger partial charge < -0.3 is 0 Å². The van der Waals surface area contributed by atoms with Crippen LogP contribution in [0.25, 0.3) is 0 Å². The van der Waals surface area contributed by atoms with Crippen LogP contribution < -0.4 is 0 Å². The molecule has 0 saturated heterocycles. The van der Waals surface area contributed by atoms with Crippen LogP contribution in [0.2, 0.25) is 0 Å². The molecule has 1 aliphatic carbocycles. The van der Waals surface area contributed by atoms with Gasteiger partial charge in [-0.25, -0.2) is 0 Å². The molecular weight excluding hydrogens is 223 g/mol. The first-order valence-electron chi connectivity index (χ1n) is 4.15. The molecule has 3 nitrogen and oxygen atoms in total. The average molecular weight is 232 g/mol. The fourth-order valence-corrected chi connectivity index (χ4v) is 2.08. The lowest BCUT2D eigenvalue weighted by Crippen LogP contribution is -2.38. The number of hydrogen-bond donors (Lipinski definition) is 0. The Kier molecular flexibility index (Phi) is 3.24. The van der Waals surface area contributed by atoms with Gasteiger partial charge >= 0.3 is 6.18 Å². The second kappa shape index (κ2) is 3.92. The van der Waals surface area contributed by atoms with Crippen LogP contribution in [0, 0.1) is 16.0 Å². The van der Waals surface area contributed by atoms with E-state index in [2.05, 4.69) is 0 Å². The van der Waals surface area contributed by atoms with E-state index in [9.17, 15) is 23.3 Å². The maximum Gasteiger partial charge on any atom is 0.392 e. The third-order valence-electron chi connectivity index (χ3n) is 2.39. The predicted octanol–water partition coefficient (Wildman–Crippen LogP) is 2.60. The standard InChI is InChI=1S/C7H9ClF3NO2/c8-5-1-4(7(9,10)11)2-6(3-5)12(13)14/h4-6H,1-3H2. The normalized spacial score (nSPS) is 34.1. The summed E-state index contributed by atoms with van der Waals surface area (Å²) >= 11 is 5.55. The Balaban J connectivity index is 2.68. The van der Waals surface area contributed by atoms with Gasteiger partial charge in [0.1, 0.15) is 0 Å². The summed E-state index contributed by atoms with van der Waals surface area (Å²) in [5.74, 6) is -1.63. The van der Waals surface area contributed by atoms with Crippen molar-refractivity contribution in [2.24, 2.45) is 5.92 Å². The minimum Gasteiger partial charge on any atom is -0.264 e. The van der Waals surface area contributed by atoms with Crippen molar-refractivity contribution in [1.29, 1.82) is 0 Å². The van der Waals surface area contributed by atoms with E-state index in [1.807, 2.05) is 0 Å². The Labute approximate surface area is 83.4 Å². The van der Waals surface area contributed by atoms with E-state index in [0.717, 1.165) is 0 Å². The molecule has 14 heavy (non-hydrogen) atoms. The molecule has 7 heteroatoms. The summed E-state index contributed by atoms with van der Waals surface area (Å²) in [6.45, 7) is 0. The molecule has 0 radical (unpaired) electrons. The topological polar surface area (TPSA) is 43.1 Å². The van der Waals surface area contributed by atoms with Gasteiger partial charge in [0.25, 0.3) is 0 Å². The van der Waals surface area contributed by atoms with E-state index >= 15 is 0 Å². The largest absolute Gasteiger partial charge is 0.392 e. The van der Waals surface area contributed by atoms with Gasteiger partial charge in [-0.3, -0.25) is 10.1 Å². The lowest BCUT2D eigenvalue weighted by molar-refractivity contribution is -0.529. The Morgan fingerprint density at radius 3 is 2.29 bits per heavy atom. The van der Waals surface area contributed by atoms with E-state index in [-0.39, 0.29) is 12.8 Å².